The average Bonchev–Trinajstić information content (AvgIpc) is 2.85. The standard InChI is InChI=1S/C14H23NO3/c1-4-14(5-2,8-16)15-12(17)10-6-9(3)7-11(10)13(15)18/h9-11,16H,4-8H2,1-3H3. The number of likely N-dealkylation sites (tertiary alicyclic amines) is 1. The van der Waals surface area contributed by atoms with Crippen LogP contribution < -0.4 is 0 Å². The molecule has 102 valence electrons. The zero-order valence-electron chi connectivity index (χ0n) is 11.5. The summed E-state index contributed by atoms with van der Waals surface area (Å²) in [5.74, 6) is 0.106. The fourth-order valence-corrected chi connectivity index (χ4v) is 3.61. The van der Waals surface area contributed by atoms with Gasteiger partial charge in [0, 0.05) is 0 Å². The molecule has 0 aromatic carbocycles. The van der Waals surface area contributed by atoms with Gasteiger partial charge < -0.3 is 5.11 Å². The fraction of sp³-hybridized carbons (Fsp3) is 0.857. The number of aliphatic hydroxyl groups excluding tert-OH is 1. The molecule has 1 saturated carbocycles. The normalized spacial score (nSPS) is 32.2. The van der Waals surface area contributed by atoms with E-state index >= 15 is 0 Å². The van der Waals surface area contributed by atoms with E-state index < -0.39 is 5.54 Å². The minimum absolute atomic E-state index is 0.0490. The van der Waals surface area contributed by atoms with Gasteiger partial charge in [-0.15, -0.1) is 0 Å². The molecule has 1 heterocycles. The lowest BCUT2D eigenvalue weighted by atomic mass is 9.91. The lowest BCUT2D eigenvalue weighted by molar-refractivity contribution is -0.150. The second-order valence-electron chi connectivity index (χ2n) is 5.89. The average molecular weight is 253 g/mol. The maximum Gasteiger partial charge on any atom is 0.233 e. The molecule has 4 heteroatoms. The van der Waals surface area contributed by atoms with Crippen LogP contribution >= 0.6 is 0 Å². The number of amides is 2. The van der Waals surface area contributed by atoms with Crippen LogP contribution in [-0.4, -0.2) is 34.0 Å². The second-order valence-corrected chi connectivity index (χ2v) is 5.89. The van der Waals surface area contributed by atoms with Gasteiger partial charge in [0.05, 0.1) is 24.0 Å². The Balaban J connectivity index is 2.31. The van der Waals surface area contributed by atoms with E-state index in [0.717, 1.165) is 12.8 Å². The van der Waals surface area contributed by atoms with Gasteiger partial charge in [0.1, 0.15) is 0 Å². The van der Waals surface area contributed by atoms with Crippen LogP contribution in [0.1, 0.15) is 46.5 Å². The van der Waals surface area contributed by atoms with Gasteiger partial charge in [-0.25, -0.2) is 0 Å². The number of aliphatic hydroxyl groups is 1. The molecule has 18 heavy (non-hydrogen) atoms. The molecule has 2 rings (SSSR count). The summed E-state index contributed by atoms with van der Waals surface area (Å²) in [7, 11) is 0. The van der Waals surface area contributed by atoms with E-state index in [9.17, 15) is 14.7 Å². The first kappa shape index (κ1) is 13.5. The molecular weight excluding hydrogens is 230 g/mol. The van der Waals surface area contributed by atoms with Gasteiger partial charge in [-0.05, 0) is 31.6 Å². The number of imide groups is 1. The minimum Gasteiger partial charge on any atom is -0.394 e. The van der Waals surface area contributed by atoms with Gasteiger partial charge >= 0.3 is 0 Å². The van der Waals surface area contributed by atoms with Crippen LogP contribution in [0.15, 0.2) is 0 Å². The largest absolute Gasteiger partial charge is 0.394 e. The van der Waals surface area contributed by atoms with Crippen LogP contribution in [0.4, 0.5) is 0 Å². The van der Waals surface area contributed by atoms with Gasteiger partial charge in [0.25, 0.3) is 0 Å². The third-order valence-electron chi connectivity index (χ3n) is 4.96. The quantitative estimate of drug-likeness (QED) is 0.774. The smallest absolute Gasteiger partial charge is 0.233 e. The summed E-state index contributed by atoms with van der Waals surface area (Å²) in [5, 5.41) is 9.64. The predicted octanol–water partition coefficient (Wildman–Crippen LogP) is 1.57. The molecule has 2 amide bonds. The molecule has 0 bridgehead atoms. The Labute approximate surface area is 108 Å². The molecule has 2 fully saturated rings. The molecular formula is C14H23NO3. The van der Waals surface area contributed by atoms with Crippen LogP contribution in [0, 0.1) is 17.8 Å². The number of rotatable bonds is 4. The molecule has 0 aromatic rings. The van der Waals surface area contributed by atoms with Gasteiger partial charge in [-0.3, -0.25) is 14.5 Å². The first-order valence-corrected chi connectivity index (χ1v) is 6.99. The summed E-state index contributed by atoms with van der Waals surface area (Å²) in [6, 6.07) is 0. The number of hydrogen-bond donors (Lipinski definition) is 1. The summed E-state index contributed by atoms with van der Waals surface area (Å²) in [4.78, 5) is 26.3. The van der Waals surface area contributed by atoms with Crippen molar-refractivity contribution in [1.29, 1.82) is 0 Å². The molecule has 0 spiro atoms. The monoisotopic (exact) mass is 253 g/mol. The molecule has 1 N–H and O–H groups in total. The summed E-state index contributed by atoms with van der Waals surface area (Å²) >= 11 is 0. The molecule has 1 saturated heterocycles. The first-order chi connectivity index (χ1) is 8.50. The van der Waals surface area contributed by atoms with E-state index in [0.29, 0.717) is 18.8 Å². The van der Waals surface area contributed by atoms with Crippen molar-refractivity contribution in [2.45, 2.75) is 52.0 Å². The zero-order valence-corrected chi connectivity index (χ0v) is 11.5. The van der Waals surface area contributed by atoms with Crippen molar-refractivity contribution in [2.24, 2.45) is 17.8 Å². The third kappa shape index (κ3) is 1.69. The Kier molecular flexibility index (Phi) is 3.49. The van der Waals surface area contributed by atoms with Crippen molar-refractivity contribution in [3.05, 3.63) is 0 Å². The van der Waals surface area contributed by atoms with E-state index in [1.807, 2.05) is 13.8 Å². The Hall–Kier alpha value is -0.900. The van der Waals surface area contributed by atoms with E-state index in [4.69, 9.17) is 0 Å². The van der Waals surface area contributed by atoms with Crippen LogP contribution in [0.5, 0.6) is 0 Å². The Bertz CT molecular complexity index is 330. The highest BCUT2D eigenvalue weighted by Gasteiger charge is 2.56. The first-order valence-electron chi connectivity index (χ1n) is 6.99. The Morgan fingerprint density at radius 3 is 1.94 bits per heavy atom. The van der Waals surface area contributed by atoms with E-state index in [1.165, 1.54) is 4.90 Å². The lowest BCUT2D eigenvalue weighted by Gasteiger charge is -2.38. The topological polar surface area (TPSA) is 57.6 Å². The van der Waals surface area contributed by atoms with Crippen molar-refractivity contribution in [3.63, 3.8) is 0 Å². The third-order valence-corrected chi connectivity index (χ3v) is 4.96. The van der Waals surface area contributed by atoms with Crippen molar-refractivity contribution >= 4 is 11.8 Å². The number of nitrogens with zero attached hydrogens (tertiary/aromatic N) is 1. The van der Waals surface area contributed by atoms with Crippen molar-refractivity contribution < 1.29 is 14.7 Å². The Morgan fingerprint density at radius 1 is 1.17 bits per heavy atom. The van der Waals surface area contributed by atoms with E-state index in [-0.39, 0.29) is 30.3 Å². The Morgan fingerprint density at radius 2 is 1.61 bits per heavy atom. The summed E-state index contributed by atoms with van der Waals surface area (Å²) in [6.07, 6.45) is 2.88. The number of carbonyl (C=O) groups is 2. The summed E-state index contributed by atoms with van der Waals surface area (Å²) in [6.45, 7) is 5.82. The second kappa shape index (κ2) is 4.65. The predicted molar refractivity (Wildman–Crippen MR) is 67.6 cm³/mol. The molecule has 0 aromatic heterocycles. The van der Waals surface area contributed by atoms with Crippen molar-refractivity contribution in [2.75, 3.05) is 6.61 Å². The minimum atomic E-state index is -0.679. The van der Waals surface area contributed by atoms with Gasteiger partial charge in [0.15, 0.2) is 0 Å². The summed E-state index contributed by atoms with van der Waals surface area (Å²) < 4.78 is 0. The SMILES string of the molecule is CCC(CC)(CO)N1C(=O)C2CC(C)CC2C1=O. The van der Waals surface area contributed by atoms with Crippen molar-refractivity contribution in [3.8, 4) is 0 Å². The lowest BCUT2D eigenvalue weighted by Crippen LogP contribution is -2.54. The maximum absolute atomic E-state index is 12.5. The molecule has 1 aliphatic carbocycles. The molecule has 4 nitrogen and oxygen atoms in total. The zero-order chi connectivity index (χ0) is 13.5. The van der Waals surface area contributed by atoms with Gasteiger partial charge in [-0.2, -0.15) is 0 Å². The van der Waals surface area contributed by atoms with Crippen LogP contribution in [-0.2, 0) is 9.59 Å². The number of carbonyl (C=O) groups excluding carboxylic acids is 2. The van der Waals surface area contributed by atoms with Gasteiger partial charge in [-0.1, -0.05) is 20.8 Å². The summed E-state index contributed by atoms with van der Waals surface area (Å²) in [5.41, 5.74) is -0.679. The molecule has 2 atom stereocenters. The molecule has 0 radical (unpaired) electrons. The van der Waals surface area contributed by atoms with Crippen LogP contribution in [0.25, 0.3) is 0 Å². The highest BCUT2D eigenvalue weighted by Crippen LogP contribution is 2.46. The molecule has 1 aliphatic heterocycles. The highest BCUT2D eigenvalue weighted by molar-refractivity contribution is 6.06. The van der Waals surface area contributed by atoms with Gasteiger partial charge in [0.2, 0.25) is 11.8 Å². The number of hydrogen-bond acceptors (Lipinski definition) is 3. The highest BCUT2D eigenvalue weighted by atomic mass is 16.3. The fourth-order valence-electron chi connectivity index (χ4n) is 3.61. The van der Waals surface area contributed by atoms with E-state index in [1.54, 1.807) is 0 Å². The number of fused-ring (bicyclic) bond motifs is 1. The maximum atomic E-state index is 12.5. The van der Waals surface area contributed by atoms with Crippen LogP contribution in [0.3, 0.4) is 0 Å². The molecule has 2 aliphatic rings. The van der Waals surface area contributed by atoms with Crippen molar-refractivity contribution in [1.82, 2.24) is 4.90 Å². The van der Waals surface area contributed by atoms with Crippen LogP contribution in [0.2, 0.25) is 0 Å². The molecule has 2 unspecified atom stereocenters. The van der Waals surface area contributed by atoms with E-state index in [2.05, 4.69) is 6.92 Å².